The molecule has 0 saturated carbocycles. The molecular weight excluding hydrogens is 522 g/mol. The number of nitrogens with one attached hydrogen (secondary N) is 2. The number of pyridine rings is 2. The lowest BCUT2D eigenvalue weighted by atomic mass is 10.0. The third kappa shape index (κ3) is 4.28. The second-order valence-corrected chi connectivity index (χ2v) is 9.97. The fourth-order valence-corrected chi connectivity index (χ4v) is 5.26. The van der Waals surface area contributed by atoms with Crippen molar-refractivity contribution < 1.29 is 17.6 Å². The van der Waals surface area contributed by atoms with Gasteiger partial charge in [0.15, 0.2) is 5.82 Å². The average molecular weight is 544 g/mol. The van der Waals surface area contributed by atoms with Gasteiger partial charge in [-0.2, -0.15) is 5.10 Å². The Bertz CT molecular complexity index is 1890. The van der Waals surface area contributed by atoms with Gasteiger partial charge in [0.05, 0.1) is 17.6 Å². The van der Waals surface area contributed by atoms with Crippen LogP contribution in [0.25, 0.3) is 55.8 Å². The molecule has 0 atom stereocenters. The molecule has 1 fully saturated rings. The average Bonchev–Trinajstić information content (AvgIpc) is 3.64. The van der Waals surface area contributed by atoms with Gasteiger partial charge in [-0.25, -0.2) is 22.5 Å². The fourth-order valence-electron chi connectivity index (χ4n) is 5.26. The van der Waals surface area contributed by atoms with Gasteiger partial charge in [-0.15, -0.1) is 0 Å². The van der Waals surface area contributed by atoms with Crippen LogP contribution in [0, 0.1) is 11.6 Å². The largest absolute Gasteiger partial charge is 0.336 e. The zero-order valence-corrected chi connectivity index (χ0v) is 20.9. The summed E-state index contributed by atoms with van der Waals surface area (Å²) in [5, 5.41) is 7.85. The monoisotopic (exact) mass is 543 g/mol. The maximum Gasteiger partial charge on any atom is 0.261 e. The van der Waals surface area contributed by atoms with E-state index in [0.717, 1.165) is 0 Å². The normalized spacial score (nSPS) is 15.4. The molecule has 1 saturated heterocycles. The highest BCUT2D eigenvalue weighted by molar-refractivity contribution is 5.97. The number of nitrogens with zero attached hydrogens (tertiary/aromatic N) is 5. The number of aromatic nitrogens is 6. The number of fused-ring (bicyclic) bond motifs is 2. The third-order valence-corrected chi connectivity index (χ3v) is 7.17. The van der Waals surface area contributed by atoms with Gasteiger partial charge < -0.3 is 4.98 Å². The molecule has 5 heterocycles. The number of benzene rings is 2. The van der Waals surface area contributed by atoms with Crippen molar-refractivity contribution in [2.45, 2.75) is 18.9 Å². The zero-order valence-electron chi connectivity index (χ0n) is 20.9. The lowest BCUT2D eigenvalue weighted by molar-refractivity contribution is 0.0115. The summed E-state index contributed by atoms with van der Waals surface area (Å²) in [4.78, 5) is 18.2. The van der Waals surface area contributed by atoms with Gasteiger partial charge in [-0.05, 0) is 35.9 Å². The summed E-state index contributed by atoms with van der Waals surface area (Å²) in [6, 6.07) is 12.9. The van der Waals surface area contributed by atoms with E-state index in [1.54, 1.807) is 59.9 Å². The number of hydrogen-bond acceptors (Lipinski definition) is 5. The van der Waals surface area contributed by atoms with Crippen LogP contribution in [-0.4, -0.2) is 54.0 Å². The maximum atomic E-state index is 15.2. The summed E-state index contributed by atoms with van der Waals surface area (Å²) in [5.41, 5.74) is 4.29. The van der Waals surface area contributed by atoms with Crippen LogP contribution in [0.15, 0.2) is 67.1 Å². The second kappa shape index (κ2) is 9.23. The van der Waals surface area contributed by atoms with E-state index in [-0.39, 0.29) is 13.0 Å². The van der Waals surface area contributed by atoms with Crippen LogP contribution in [0.2, 0.25) is 0 Å². The first kappa shape index (κ1) is 24.4. The van der Waals surface area contributed by atoms with Gasteiger partial charge in [0.2, 0.25) is 0 Å². The Morgan fingerprint density at radius 2 is 1.80 bits per heavy atom. The van der Waals surface area contributed by atoms with E-state index in [2.05, 4.69) is 25.1 Å². The van der Waals surface area contributed by atoms with Crippen LogP contribution in [0.3, 0.4) is 0 Å². The summed E-state index contributed by atoms with van der Waals surface area (Å²) in [7, 11) is 0. The number of likely N-dealkylation sites (tertiary alicyclic amines) is 1. The summed E-state index contributed by atoms with van der Waals surface area (Å²) >= 11 is 0. The second-order valence-electron chi connectivity index (χ2n) is 9.97. The van der Waals surface area contributed by atoms with Gasteiger partial charge in [-0.1, -0.05) is 12.1 Å². The summed E-state index contributed by atoms with van der Waals surface area (Å²) < 4.78 is 57.1. The molecule has 7 rings (SSSR count). The van der Waals surface area contributed by atoms with E-state index in [9.17, 15) is 13.2 Å². The van der Waals surface area contributed by atoms with Crippen molar-refractivity contribution in [3.8, 4) is 33.9 Å². The minimum Gasteiger partial charge on any atom is -0.336 e. The molecule has 1 aliphatic heterocycles. The number of rotatable bonds is 5. The summed E-state index contributed by atoms with van der Waals surface area (Å²) in [6.07, 6.45) is 4.55. The van der Waals surface area contributed by atoms with Gasteiger partial charge in [0.1, 0.15) is 28.5 Å². The smallest absolute Gasteiger partial charge is 0.261 e. The highest BCUT2D eigenvalue weighted by atomic mass is 19.3. The van der Waals surface area contributed by atoms with Crippen molar-refractivity contribution in [1.82, 2.24) is 35.0 Å². The third-order valence-electron chi connectivity index (χ3n) is 7.17. The number of halogens is 4. The number of hydrogen-bond donors (Lipinski definition) is 2. The van der Waals surface area contributed by atoms with Crippen molar-refractivity contribution in [2.24, 2.45) is 0 Å². The number of alkyl halides is 2. The molecule has 7 nitrogen and oxygen atoms in total. The lowest BCUT2D eigenvalue weighted by Gasteiger charge is -2.16. The SMILES string of the molecule is Fc1cc2[nH]nc(-c3nc4c(-c5ccccc5F)nccc4[nH]3)c2cc1-c1cncc(CN2CCC(F)(F)C2)c1. The standard InChI is InChI=1S/C29H21F4N7/c30-21-4-2-1-3-18(21)25-27-23(5-7-35-25)36-28(37-27)26-20-10-19(22(31)11-24(20)38-39-26)17-9-16(12-34-13-17)14-40-8-6-29(32,33)15-40/h1-5,7,9-13H,6,8,14-15H2,(H,36,37)(H,38,39). The molecule has 0 unspecified atom stereocenters. The molecule has 0 amide bonds. The number of aromatic amines is 2. The topological polar surface area (TPSA) is 86.4 Å². The molecule has 2 aromatic carbocycles. The number of imidazole rings is 1. The van der Waals surface area contributed by atoms with Crippen molar-refractivity contribution >= 4 is 21.9 Å². The molecule has 11 heteroatoms. The van der Waals surface area contributed by atoms with Crippen molar-refractivity contribution in [2.75, 3.05) is 13.1 Å². The van der Waals surface area contributed by atoms with Gasteiger partial charge >= 0.3 is 0 Å². The Hall–Kier alpha value is -4.64. The van der Waals surface area contributed by atoms with E-state index in [1.807, 2.05) is 0 Å². The first-order valence-electron chi connectivity index (χ1n) is 12.7. The highest BCUT2D eigenvalue weighted by Gasteiger charge is 2.38. The van der Waals surface area contributed by atoms with Crippen LogP contribution in [-0.2, 0) is 6.54 Å². The minimum atomic E-state index is -2.69. The summed E-state index contributed by atoms with van der Waals surface area (Å²) in [6.45, 7) is 0.289. The molecule has 0 radical (unpaired) electrons. The quantitative estimate of drug-likeness (QED) is 0.248. The van der Waals surface area contributed by atoms with Crippen LogP contribution in [0.4, 0.5) is 17.6 Å². The molecule has 2 N–H and O–H groups in total. The maximum absolute atomic E-state index is 15.2. The fraction of sp³-hybridized carbons (Fsp3) is 0.172. The molecule has 0 spiro atoms. The minimum absolute atomic E-state index is 0.172. The lowest BCUT2D eigenvalue weighted by Crippen LogP contribution is -2.24. The number of H-pyrrole nitrogens is 2. The van der Waals surface area contributed by atoms with Gasteiger partial charge in [-0.3, -0.25) is 20.0 Å². The van der Waals surface area contributed by atoms with Crippen molar-refractivity contribution in [1.29, 1.82) is 0 Å². The van der Waals surface area contributed by atoms with E-state index in [0.29, 0.717) is 74.5 Å². The van der Waals surface area contributed by atoms with E-state index >= 15 is 4.39 Å². The van der Waals surface area contributed by atoms with Gasteiger partial charge in [0.25, 0.3) is 5.92 Å². The van der Waals surface area contributed by atoms with Gasteiger partial charge in [0, 0.05) is 66.2 Å². The van der Waals surface area contributed by atoms with Crippen molar-refractivity contribution in [3.63, 3.8) is 0 Å². The Kier molecular flexibility index (Phi) is 5.63. The van der Waals surface area contributed by atoms with Crippen LogP contribution in [0.5, 0.6) is 0 Å². The van der Waals surface area contributed by atoms with Crippen LogP contribution in [0.1, 0.15) is 12.0 Å². The van der Waals surface area contributed by atoms with Crippen molar-refractivity contribution in [3.05, 3.63) is 84.3 Å². The highest BCUT2D eigenvalue weighted by Crippen LogP contribution is 2.35. The Labute approximate surface area is 224 Å². The molecule has 0 bridgehead atoms. The van der Waals surface area contributed by atoms with E-state index < -0.39 is 17.6 Å². The molecule has 1 aliphatic rings. The molecule has 6 aromatic rings. The molecular formula is C29H21F4N7. The molecule has 4 aromatic heterocycles. The summed E-state index contributed by atoms with van der Waals surface area (Å²) in [5.74, 6) is -3.18. The predicted octanol–water partition coefficient (Wildman–Crippen LogP) is 6.35. The van der Waals surface area contributed by atoms with E-state index in [4.69, 9.17) is 4.98 Å². The Morgan fingerprint density at radius 1 is 0.925 bits per heavy atom. The molecule has 0 aliphatic carbocycles. The van der Waals surface area contributed by atoms with Crippen LogP contribution < -0.4 is 0 Å². The Balaban J connectivity index is 1.28. The predicted molar refractivity (Wildman–Crippen MR) is 142 cm³/mol. The molecule has 40 heavy (non-hydrogen) atoms. The van der Waals surface area contributed by atoms with E-state index in [1.165, 1.54) is 12.1 Å². The first-order chi connectivity index (χ1) is 19.3. The molecule has 200 valence electrons. The zero-order chi connectivity index (χ0) is 27.4. The van der Waals surface area contributed by atoms with Crippen LogP contribution >= 0.6 is 0 Å². The first-order valence-corrected chi connectivity index (χ1v) is 12.7. The Morgan fingerprint density at radius 3 is 2.62 bits per heavy atom.